The lowest BCUT2D eigenvalue weighted by molar-refractivity contribution is -0.137. The monoisotopic (exact) mass is 294 g/mol. The number of rotatable bonds is 1. The minimum Gasteiger partial charge on any atom is -0.310 e. The molecule has 8 heteroatoms. The Kier molecular flexibility index (Phi) is 2.82. The molecule has 21 heavy (non-hydrogen) atoms. The van der Waals surface area contributed by atoms with Gasteiger partial charge in [-0.05, 0) is 31.2 Å². The Labute approximate surface area is 116 Å². The fourth-order valence-corrected chi connectivity index (χ4v) is 2.01. The van der Waals surface area contributed by atoms with Gasteiger partial charge in [-0.25, -0.2) is 9.67 Å². The number of hydrogen-bond donors (Lipinski definition) is 1. The molecular weight excluding hydrogens is 285 g/mol. The van der Waals surface area contributed by atoms with Crippen molar-refractivity contribution in [1.82, 2.24) is 19.7 Å². The summed E-state index contributed by atoms with van der Waals surface area (Å²) in [6, 6.07) is 4.49. The van der Waals surface area contributed by atoms with Crippen LogP contribution >= 0.6 is 0 Å². The molecule has 0 unspecified atom stereocenters. The number of halogens is 3. The van der Waals surface area contributed by atoms with Gasteiger partial charge in [0.25, 0.3) is 5.56 Å². The molecule has 0 aliphatic rings. The van der Waals surface area contributed by atoms with E-state index in [1.165, 1.54) is 23.0 Å². The summed E-state index contributed by atoms with van der Waals surface area (Å²) in [6.45, 7) is 1.62. The van der Waals surface area contributed by atoms with Crippen molar-refractivity contribution in [2.45, 2.75) is 13.1 Å². The molecule has 0 saturated carbocycles. The van der Waals surface area contributed by atoms with Gasteiger partial charge in [0, 0.05) is 0 Å². The molecule has 0 atom stereocenters. The van der Waals surface area contributed by atoms with Crippen LogP contribution in [0.2, 0.25) is 0 Å². The maximum absolute atomic E-state index is 12.5. The normalized spacial score (nSPS) is 12.0. The van der Waals surface area contributed by atoms with E-state index in [-0.39, 0.29) is 10.9 Å². The highest BCUT2D eigenvalue weighted by Crippen LogP contribution is 2.29. The first-order valence-corrected chi connectivity index (χ1v) is 5.98. The molecule has 0 amide bonds. The Morgan fingerprint density at radius 3 is 2.48 bits per heavy atom. The molecule has 0 aliphatic heterocycles. The average Bonchev–Trinajstić information content (AvgIpc) is 2.82. The van der Waals surface area contributed by atoms with Gasteiger partial charge < -0.3 is 4.98 Å². The molecule has 0 aliphatic carbocycles. The van der Waals surface area contributed by atoms with Crippen molar-refractivity contribution >= 4 is 11.0 Å². The molecule has 0 fully saturated rings. The smallest absolute Gasteiger partial charge is 0.310 e. The Hall–Kier alpha value is -2.64. The summed E-state index contributed by atoms with van der Waals surface area (Å²) in [5, 5.41) is 4.29. The molecule has 108 valence electrons. The number of nitrogens with zero attached hydrogens (tertiary/aromatic N) is 3. The average molecular weight is 294 g/mol. The van der Waals surface area contributed by atoms with Gasteiger partial charge in [0.15, 0.2) is 5.65 Å². The fourth-order valence-electron chi connectivity index (χ4n) is 2.01. The molecule has 0 radical (unpaired) electrons. The highest BCUT2D eigenvalue weighted by atomic mass is 19.4. The quantitative estimate of drug-likeness (QED) is 0.749. The molecule has 0 spiro atoms. The molecule has 0 saturated heterocycles. The van der Waals surface area contributed by atoms with Crippen molar-refractivity contribution in [2.75, 3.05) is 0 Å². The van der Waals surface area contributed by atoms with Crippen LogP contribution in [0.4, 0.5) is 13.2 Å². The molecule has 2 heterocycles. The summed E-state index contributed by atoms with van der Waals surface area (Å²) in [5.74, 6) is 0.404. The van der Waals surface area contributed by atoms with Gasteiger partial charge in [-0.3, -0.25) is 4.79 Å². The van der Waals surface area contributed by atoms with E-state index in [2.05, 4.69) is 15.1 Å². The zero-order valence-electron chi connectivity index (χ0n) is 10.8. The number of H-pyrrole nitrogens is 1. The molecular formula is C13H9F3N4O. The zero-order valence-corrected chi connectivity index (χ0v) is 10.8. The van der Waals surface area contributed by atoms with E-state index in [4.69, 9.17) is 0 Å². The lowest BCUT2D eigenvalue weighted by Gasteiger charge is -2.08. The van der Waals surface area contributed by atoms with Crippen LogP contribution in [0, 0.1) is 6.92 Å². The lowest BCUT2D eigenvalue weighted by Crippen LogP contribution is -2.10. The number of benzene rings is 1. The minimum atomic E-state index is -4.39. The van der Waals surface area contributed by atoms with Gasteiger partial charge in [-0.15, -0.1) is 0 Å². The predicted octanol–water partition coefficient (Wildman–Crippen LogP) is 2.44. The lowest BCUT2D eigenvalue weighted by atomic mass is 10.2. The third kappa shape index (κ3) is 2.28. The van der Waals surface area contributed by atoms with Gasteiger partial charge >= 0.3 is 6.18 Å². The summed E-state index contributed by atoms with van der Waals surface area (Å²) < 4.78 is 39.0. The van der Waals surface area contributed by atoms with E-state index in [1.807, 2.05) is 0 Å². The third-order valence-corrected chi connectivity index (χ3v) is 3.00. The molecule has 5 nitrogen and oxygen atoms in total. The highest BCUT2D eigenvalue weighted by Gasteiger charge is 2.30. The number of nitrogens with one attached hydrogen (secondary N) is 1. The molecule has 1 N–H and O–H groups in total. The van der Waals surface area contributed by atoms with Crippen LogP contribution in [0.5, 0.6) is 0 Å². The van der Waals surface area contributed by atoms with Gasteiger partial charge in [0.2, 0.25) is 0 Å². The molecule has 3 rings (SSSR count). The number of fused-ring (bicyclic) bond motifs is 1. The summed E-state index contributed by atoms with van der Waals surface area (Å²) in [5.41, 5.74) is -0.383. The minimum absolute atomic E-state index is 0.278. The fraction of sp³-hybridized carbons (Fsp3) is 0.154. The largest absolute Gasteiger partial charge is 0.416 e. The Balaban J connectivity index is 2.15. The van der Waals surface area contributed by atoms with E-state index >= 15 is 0 Å². The first-order chi connectivity index (χ1) is 9.86. The molecule has 3 aromatic rings. The summed E-state index contributed by atoms with van der Waals surface area (Å²) in [6.07, 6.45) is -3.06. The maximum atomic E-state index is 12.5. The first kappa shape index (κ1) is 13.3. The van der Waals surface area contributed by atoms with Gasteiger partial charge in [-0.2, -0.15) is 18.3 Å². The molecule has 0 bridgehead atoms. The summed E-state index contributed by atoms with van der Waals surface area (Å²) in [4.78, 5) is 18.4. The van der Waals surface area contributed by atoms with Crippen LogP contribution in [0.25, 0.3) is 16.7 Å². The second-order valence-electron chi connectivity index (χ2n) is 4.49. The Bertz CT molecular complexity index is 862. The number of hydrogen-bond acceptors (Lipinski definition) is 3. The predicted molar refractivity (Wildman–Crippen MR) is 69.2 cm³/mol. The van der Waals surface area contributed by atoms with E-state index in [0.717, 1.165) is 12.1 Å². The van der Waals surface area contributed by atoms with Crippen molar-refractivity contribution in [1.29, 1.82) is 0 Å². The van der Waals surface area contributed by atoms with E-state index < -0.39 is 11.7 Å². The SMILES string of the molecule is Cc1nc2c(cnn2-c2ccc(C(F)(F)F)cc2)c(=O)[nH]1. The number of aromatic amines is 1. The van der Waals surface area contributed by atoms with Crippen molar-refractivity contribution in [3.8, 4) is 5.69 Å². The number of aromatic nitrogens is 4. The summed E-state index contributed by atoms with van der Waals surface area (Å²) in [7, 11) is 0. The zero-order chi connectivity index (χ0) is 15.2. The van der Waals surface area contributed by atoms with Crippen molar-refractivity contribution in [3.63, 3.8) is 0 Å². The van der Waals surface area contributed by atoms with Crippen LogP contribution < -0.4 is 5.56 Å². The highest BCUT2D eigenvalue weighted by molar-refractivity contribution is 5.75. The first-order valence-electron chi connectivity index (χ1n) is 5.98. The standard InChI is InChI=1S/C13H9F3N4O/c1-7-18-11-10(12(21)19-7)6-17-20(11)9-4-2-8(3-5-9)13(14,15)16/h2-6H,1H3,(H,18,19,21). The van der Waals surface area contributed by atoms with Crippen LogP contribution in [-0.2, 0) is 6.18 Å². The Morgan fingerprint density at radius 2 is 1.86 bits per heavy atom. The van der Waals surface area contributed by atoms with Crippen LogP contribution in [-0.4, -0.2) is 19.7 Å². The maximum Gasteiger partial charge on any atom is 0.416 e. The molecule has 1 aromatic carbocycles. The van der Waals surface area contributed by atoms with Crippen LogP contribution in [0.15, 0.2) is 35.3 Å². The van der Waals surface area contributed by atoms with Gasteiger partial charge in [0.1, 0.15) is 11.2 Å². The Morgan fingerprint density at radius 1 is 1.19 bits per heavy atom. The number of alkyl halides is 3. The topological polar surface area (TPSA) is 63.6 Å². The van der Waals surface area contributed by atoms with Crippen molar-refractivity contribution in [2.24, 2.45) is 0 Å². The van der Waals surface area contributed by atoms with Crippen molar-refractivity contribution < 1.29 is 13.2 Å². The van der Waals surface area contributed by atoms with Crippen molar-refractivity contribution in [3.05, 3.63) is 52.2 Å². The second-order valence-corrected chi connectivity index (χ2v) is 4.49. The second kappa shape index (κ2) is 4.44. The van der Waals surface area contributed by atoms with Gasteiger partial charge in [-0.1, -0.05) is 0 Å². The van der Waals surface area contributed by atoms with E-state index in [9.17, 15) is 18.0 Å². The van der Waals surface area contributed by atoms with Crippen LogP contribution in [0.3, 0.4) is 0 Å². The van der Waals surface area contributed by atoms with E-state index in [0.29, 0.717) is 17.2 Å². The third-order valence-electron chi connectivity index (χ3n) is 3.00. The number of aryl methyl sites for hydroxylation is 1. The molecule has 2 aromatic heterocycles. The van der Waals surface area contributed by atoms with Crippen LogP contribution in [0.1, 0.15) is 11.4 Å². The summed E-state index contributed by atoms with van der Waals surface area (Å²) >= 11 is 0. The van der Waals surface area contributed by atoms with Gasteiger partial charge in [0.05, 0.1) is 17.4 Å². The van der Waals surface area contributed by atoms with E-state index in [1.54, 1.807) is 6.92 Å².